The number of esters is 1. The van der Waals surface area contributed by atoms with E-state index in [-0.39, 0.29) is 11.9 Å². The number of ether oxygens (including phenoxy) is 1. The molecule has 13 heavy (non-hydrogen) atoms. The molecule has 0 aliphatic rings. The van der Waals surface area contributed by atoms with Crippen LogP contribution in [0.5, 0.6) is 0 Å². The Hall–Kier alpha value is -0.530. The lowest BCUT2D eigenvalue weighted by molar-refractivity contribution is -0.144. The minimum Gasteiger partial charge on any atom is -0.469 e. The van der Waals surface area contributed by atoms with E-state index in [1.165, 1.54) is 32.8 Å². The van der Waals surface area contributed by atoms with E-state index in [1.54, 1.807) is 13.8 Å². The zero-order chi connectivity index (χ0) is 10.7. The summed E-state index contributed by atoms with van der Waals surface area (Å²) in [5.41, 5.74) is 0. The Bertz CT molecular complexity index is 105. The molecule has 0 radical (unpaired) electrons. The molecule has 0 amide bonds. The molecular formula is C11H24O2. The second kappa shape index (κ2) is 11.5. The summed E-state index contributed by atoms with van der Waals surface area (Å²) in [7, 11) is 1.39. The average Bonchev–Trinajstić information content (AvgIpc) is 2.14. The third kappa shape index (κ3) is 14.3. The number of carbonyl (C=O) groups excluding carboxylic acids is 1. The quantitative estimate of drug-likeness (QED) is 0.499. The summed E-state index contributed by atoms with van der Waals surface area (Å²) in [5, 5.41) is 0. The van der Waals surface area contributed by atoms with E-state index in [9.17, 15) is 4.79 Å². The molecule has 0 aromatic carbocycles. The van der Waals surface area contributed by atoms with Crippen molar-refractivity contribution >= 4 is 5.97 Å². The lowest BCUT2D eigenvalue weighted by Gasteiger charge is -1.97. The van der Waals surface area contributed by atoms with Gasteiger partial charge in [-0.3, -0.25) is 4.79 Å². The van der Waals surface area contributed by atoms with Crippen LogP contribution in [0.4, 0.5) is 0 Å². The van der Waals surface area contributed by atoms with Gasteiger partial charge in [0.05, 0.1) is 13.0 Å². The fraction of sp³-hybridized carbons (Fsp3) is 0.909. The molecule has 2 heteroatoms. The fourth-order valence-corrected chi connectivity index (χ4v) is 0.736. The van der Waals surface area contributed by atoms with Crippen molar-refractivity contribution in [3.05, 3.63) is 0 Å². The maximum Gasteiger partial charge on any atom is 0.308 e. The highest BCUT2D eigenvalue weighted by Crippen LogP contribution is 1.95. The molecule has 0 aromatic rings. The van der Waals surface area contributed by atoms with Crippen LogP contribution in [0, 0.1) is 5.92 Å². The van der Waals surface area contributed by atoms with Crippen molar-refractivity contribution in [2.24, 2.45) is 5.92 Å². The first-order valence-corrected chi connectivity index (χ1v) is 5.17. The molecule has 80 valence electrons. The van der Waals surface area contributed by atoms with E-state index in [2.05, 4.69) is 18.6 Å². The van der Waals surface area contributed by atoms with E-state index in [4.69, 9.17) is 0 Å². The van der Waals surface area contributed by atoms with Gasteiger partial charge < -0.3 is 4.74 Å². The lowest BCUT2D eigenvalue weighted by Crippen LogP contribution is -2.07. The molecule has 0 spiro atoms. The largest absolute Gasteiger partial charge is 0.469 e. The Labute approximate surface area is 82.7 Å². The zero-order valence-corrected chi connectivity index (χ0v) is 9.72. The number of rotatable bonds is 4. The van der Waals surface area contributed by atoms with Gasteiger partial charge in [0.1, 0.15) is 0 Å². The van der Waals surface area contributed by atoms with Crippen LogP contribution in [0.25, 0.3) is 0 Å². The Balaban J connectivity index is 0. The van der Waals surface area contributed by atoms with Crippen LogP contribution < -0.4 is 0 Å². The molecule has 0 saturated carbocycles. The molecule has 0 aliphatic carbocycles. The summed E-state index contributed by atoms with van der Waals surface area (Å²) in [6, 6.07) is 0. The van der Waals surface area contributed by atoms with E-state index < -0.39 is 0 Å². The average molecular weight is 188 g/mol. The van der Waals surface area contributed by atoms with E-state index in [1.807, 2.05) is 0 Å². The summed E-state index contributed by atoms with van der Waals surface area (Å²) < 4.78 is 4.37. The summed E-state index contributed by atoms with van der Waals surface area (Å²) in [6.07, 6.45) is 5.54. The normalized spacial score (nSPS) is 9.08. The first-order chi connectivity index (χ1) is 6.09. The number of carbonyl (C=O) groups is 1. The summed E-state index contributed by atoms with van der Waals surface area (Å²) >= 11 is 0. The maximum atomic E-state index is 10.3. The van der Waals surface area contributed by atoms with E-state index >= 15 is 0 Å². The van der Waals surface area contributed by atoms with Crippen LogP contribution in [-0.2, 0) is 9.53 Å². The van der Waals surface area contributed by atoms with Gasteiger partial charge in [-0.05, 0) is 0 Å². The third-order valence-corrected chi connectivity index (χ3v) is 1.63. The molecule has 0 saturated heterocycles. The first-order valence-electron chi connectivity index (χ1n) is 5.17. The van der Waals surface area contributed by atoms with Crippen molar-refractivity contribution in [1.29, 1.82) is 0 Å². The van der Waals surface area contributed by atoms with Crippen LogP contribution in [0.3, 0.4) is 0 Å². The highest BCUT2D eigenvalue weighted by molar-refractivity contribution is 5.71. The minimum atomic E-state index is -0.153. The van der Waals surface area contributed by atoms with Gasteiger partial charge in [0.25, 0.3) is 0 Å². The molecule has 0 bridgehead atoms. The standard InChI is InChI=1S/C6H14.C5H10O2/c1-3-5-6-4-2;1-4(2)5(6)7-3/h3-6H2,1-2H3;4H,1-3H3. The Kier molecular flexibility index (Phi) is 13.2. The lowest BCUT2D eigenvalue weighted by atomic mass is 10.2. The molecule has 0 unspecified atom stereocenters. The summed E-state index contributed by atoms with van der Waals surface area (Å²) in [6.45, 7) is 8.06. The molecule has 0 rings (SSSR count). The molecule has 0 fully saturated rings. The topological polar surface area (TPSA) is 26.3 Å². The van der Waals surface area contributed by atoms with Crippen LogP contribution in [0.15, 0.2) is 0 Å². The highest BCUT2D eigenvalue weighted by Gasteiger charge is 2.03. The Morgan fingerprint density at radius 1 is 1.15 bits per heavy atom. The second-order valence-corrected chi connectivity index (χ2v) is 3.38. The molecule has 2 nitrogen and oxygen atoms in total. The zero-order valence-electron chi connectivity index (χ0n) is 9.72. The summed E-state index contributed by atoms with van der Waals surface area (Å²) in [5.74, 6) is -0.148. The van der Waals surface area contributed by atoms with Gasteiger partial charge in [-0.25, -0.2) is 0 Å². The number of methoxy groups -OCH3 is 1. The predicted molar refractivity (Wildman–Crippen MR) is 56.7 cm³/mol. The fourth-order valence-electron chi connectivity index (χ4n) is 0.736. The smallest absolute Gasteiger partial charge is 0.308 e. The van der Waals surface area contributed by atoms with Crippen molar-refractivity contribution in [3.8, 4) is 0 Å². The molecule has 0 aromatic heterocycles. The first kappa shape index (κ1) is 15.0. The van der Waals surface area contributed by atoms with Gasteiger partial charge in [0.15, 0.2) is 0 Å². The van der Waals surface area contributed by atoms with Gasteiger partial charge in [0, 0.05) is 0 Å². The van der Waals surface area contributed by atoms with Crippen LogP contribution in [-0.4, -0.2) is 13.1 Å². The molecule has 0 N–H and O–H groups in total. The van der Waals surface area contributed by atoms with Crippen molar-refractivity contribution < 1.29 is 9.53 Å². The maximum absolute atomic E-state index is 10.3. The molecule has 0 aliphatic heterocycles. The van der Waals surface area contributed by atoms with Gasteiger partial charge in [0.2, 0.25) is 0 Å². The minimum absolute atomic E-state index is 0.00463. The van der Waals surface area contributed by atoms with E-state index in [0.717, 1.165) is 0 Å². The van der Waals surface area contributed by atoms with Crippen LogP contribution in [0.1, 0.15) is 53.4 Å². The number of hydrogen-bond donors (Lipinski definition) is 0. The third-order valence-electron chi connectivity index (χ3n) is 1.63. The van der Waals surface area contributed by atoms with Gasteiger partial charge in [-0.2, -0.15) is 0 Å². The second-order valence-electron chi connectivity index (χ2n) is 3.38. The van der Waals surface area contributed by atoms with Crippen molar-refractivity contribution in [2.45, 2.75) is 53.4 Å². The van der Waals surface area contributed by atoms with Gasteiger partial charge in [-0.15, -0.1) is 0 Å². The Morgan fingerprint density at radius 2 is 1.54 bits per heavy atom. The molecular weight excluding hydrogens is 164 g/mol. The Morgan fingerprint density at radius 3 is 1.62 bits per heavy atom. The number of hydrogen-bond acceptors (Lipinski definition) is 2. The SMILES string of the molecule is CCCCCC.COC(=O)C(C)C. The van der Waals surface area contributed by atoms with E-state index in [0.29, 0.717) is 0 Å². The van der Waals surface area contributed by atoms with Gasteiger partial charge in [-0.1, -0.05) is 53.4 Å². The van der Waals surface area contributed by atoms with Crippen molar-refractivity contribution in [1.82, 2.24) is 0 Å². The highest BCUT2D eigenvalue weighted by atomic mass is 16.5. The van der Waals surface area contributed by atoms with Crippen LogP contribution in [0.2, 0.25) is 0 Å². The van der Waals surface area contributed by atoms with Gasteiger partial charge >= 0.3 is 5.97 Å². The monoisotopic (exact) mass is 188 g/mol. The van der Waals surface area contributed by atoms with Crippen molar-refractivity contribution in [3.63, 3.8) is 0 Å². The summed E-state index contributed by atoms with van der Waals surface area (Å²) in [4.78, 5) is 10.3. The van der Waals surface area contributed by atoms with Crippen molar-refractivity contribution in [2.75, 3.05) is 7.11 Å². The van der Waals surface area contributed by atoms with Crippen LogP contribution >= 0.6 is 0 Å². The molecule has 0 atom stereocenters. The predicted octanol–water partition coefficient (Wildman–Crippen LogP) is 3.40. The molecule has 0 heterocycles. The number of unbranched alkanes of at least 4 members (excludes halogenated alkanes) is 3.